The summed E-state index contributed by atoms with van der Waals surface area (Å²) in [6.45, 7) is 12.9. The summed E-state index contributed by atoms with van der Waals surface area (Å²) in [5.41, 5.74) is 2.57. The molecule has 2 aliphatic heterocycles. The van der Waals surface area contributed by atoms with Gasteiger partial charge in [0.25, 0.3) is 0 Å². The first-order valence-corrected chi connectivity index (χ1v) is 22.5. The zero-order valence-corrected chi connectivity index (χ0v) is 31.7. The van der Waals surface area contributed by atoms with E-state index >= 15 is 0 Å². The summed E-state index contributed by atoms with van der Waals surface area (Å²) in [4.78, 5) is 25.4. The van der Waals surface area contributed by atoms with Crippen LogP contribution in [0.2, 0.25) is 0 Å². The van der Waals surface area contributed by atoms with E-state index in [0.717, 1.165) is 83.0 Å². The predicted octanol–water partition coefficient (Wildman–Crippen LogP) is 10.3. The van der Waals surface area contributed by atoms with Gasteiger partial charge >= 0.3 is 11.9 Å². The van der Waals surface area contributed by atoms with Crippen LogP contribution >= 0.6 is 47.0 Å². The lowest BCUT2D eigenvalue weighted by Crippen LogP contribution is -2.35. The number of carbonyl (C=O) groups is 2. The van der Waals surface area contributed by atoms with Gasteiger partial charge in [-0.2, -0.15) is 47.0 Å². The molecule has 4 atom stereocenters. The Kier molecular flexibility index (Phi) is 20.3. The Balaban J connectivity index is 1.34. The Morgan fingerprint density at radius 3 is 1.62 bits per heavy atom. The minimum absolute atomic E-state index is 0.0193. The molecule has 8 heteroatoms. The van der Waals surface area contributed by atoms with Crippen molar-refractivity contribution in [2.24, 2.45) is 23.7 Å². The van der Waals surface area contributed by atoms with Gasteiger partial charge in [-0.1, -0.05) is 95.9 Å². The van der Waals surface area contributed by atoms with E-state index in [1.54, 1.807) is 0 Å². The molecule has 4 unspecified atom stereocenters. The summed E-state index contributed by atoms with van der Waals surface area (Å²) in [6, 6.07) is 0. The van der Waals surface area contributed by atoms with Crippen molar-refractivity contribution >= 4 is 59.0 Å². The fourth-order valence-corrected chi connectivity index (χ4v) is 11.9. The molecule has 0 spiro atoms. The Bertz CT molecular complexity index is 872. The second-order valence-electron chi connectivity index (χ2n) is 13.6. The number of unbranched alkanes of at least 4 members (excludes halogenated alkanes) is 5. The van der Waals surface area contributed by atoms with E-state index in [2.05, 4.69) is 27.0 Å². The third-order valence-corrected chi connectivity index (χ3v) is 14.6. The first-order chi connectivity index (χ1) is 21.9. The van der Waals surface area contributed by atoms with Crippen molar-refractivity contribution in [2.45, 2.75) is 122 Å². The van der Waals surface area contributed by atoms with Gasteiger partial charge in [0, 0.05) is 58.9 Å². The summed E-state index contributed by atoms with van der Waals surface area (Å²) >= 11 is 7.39. The van der Waals surface area contributed by atoms with E-state index in [4.69, 9.17) is 9.47 Å². The van der Waals surface area contributed by atoms with E-state index in [9.17, 15) is 9.59 Å². The fourth-order valence-electron chi connectivity index (χ4n) is 7.47. The maximum atomic E-state index is 13.0. The largest absolute Gasteiger partial charge is 0.461 e. The minimum Gasteiger partial charge on any atom is -0.461 e. The maximum absolute atomic E-state index is 13.0. The molecule has 0 radical (unpaired) electrons. The van der Waals surface area contributed by atoms with Crippen LogP contribution in [0, 0.1) is 23.7 Å². The average Bonchev–Trinajstić information content (AvgIpc) is 2.99. The highest BCUT2D eigenvalue weighted by molar-refractivity contribution is 8.01. The number of esters is 2. The lowest BCUT2D eigenvalue weighted by molar-refractivity contribution is -0.148. The molecule has 258 valence electrons. The van der Waals surface area contributed by atoms with Crippen molar-refractivity contribution in [1.29, 1.82) is 0 Å². The molecule has 3 fully saturated rings. The van der Waals surface area contributed by atoms with Crippen molar-refractivity contribution in [2.75, 3.05) is 46.0 Å². The molecular weight excluding hydrogens is 637 g/mol. The molecule has 4 nitrogen and oxygen atoms in total. The third-order valence-electron chi connectivity index (χ3n) is 9.74. The third kappa shape index (κ3) is 15.7. The van der Waals surface area contributed by atoms with Crippen LogP contribution in [0.3, 0.4) is 0 Å². The van der Waals surface area contributed by atoms with Gasteiger partial charge in [0.15, 0.2) is 0 Å². The van der Waals surface area contributed by atoms with E-state index < -0.39 is 0 Å². The molecule has 2 saturated heterocycles. The van der Waals surface area contributed by atoms with E-state index in [1.807, 2.05) is 47.0 Å². The number of rotatable bonds is 17. The van der Waals surface area contributed by atoms with Crippen LogP contribution in [-0.2, 0) is 19.1 Å². The standard InChI is InChI=1S/C37H62O4S4/c1-5-13-34-30(6-2)16-17-31(35(34)18-19-37(39)41-33-26-44-22-29(4)23-45-27-33)14-11-9-7-8-10-12-15-36(38)40-32-24-42-20-28(3)21-43-25-32/h30-35H,3-27H2,1-2H3. The predicted molar refractivity (Wildman–Crippen MR) is 202 cm³/mol. The van der Waals surface area contributed by atoms with Crippen LogP contribution < -0.4 is 0 Å². The van der Waals surface area contributed by atoms with Crippen LogP contribution in [0.1, 0.15) is 110 Å². The highest BCUT2D eigenvalue weighted by Gasteiger charge is 2.37. The summed E-state index contributed by atoms with van der Waals surface area (Å²) < 4.78 is 11.8. The number of carbonyl (C=O) groups excluding carboxylic acids is 2. The van der Waals surface area contributed by atoms with Crippen LogP contribution in [0.15, 0.2) is 24.3 Å². The highest BCUT2D eigenvalue weighted by atomic mass is 32.2. The molecular formula is C37H62O4S4. The second-order valence-corrected chi connectivity index (χ2v) is 17.7. The maximum Gasteiger partial charge on any atom is 0.306 e. The Labute approximate surface area is 293 Å². The van der Waals surface area contributed by atoms with Gasteiger partial charge in [-0.05, 0) is 49.4 Å². The number of ether oxygens (including phenoxy) is 2. The summed E-state index contributed by atoms with van der Waals surface area (Å²) in [6.07, 6.45) is 17.1. The van der Waals surface area contributed by atoms with Gasteiger partial charge < -0.3 is 9.47 Å². The van der Waals surface area contributed by atoms with Crippen molar-refractivity contribution in [3.05, 3.63) is 24.3 Å². The summed E-state index contributed by atoms with van der Waals surface area (Å²) in [5, 5.41) is 0. The van der Waals surface area contributed by atoms with Crippen LogP contribution in [0.5, 0.6) is 0 Å². The fraction of sp³-hybridized carbons (Fsp3) is 0.838. The van der Waals surface area contributed by atoms with Crippen LogP contribution in [0.25, 0.3) is 0 Å². The molecule has 3 rings (SSSR count). The first kappa shape index (κ1) is 39.3. The molecule has 0 aromatic carbocycles. The smallest absolute Gasteiger partial charge is 0.306 e. The van der Waals surface area contributed by atoms with Gasteiger partial charge in [0.1, 0.15) is 12.2 Å². The molecule has 0 amide bonds. The number of thioether (sulfide) groups is 4. The average molecular weight is 699 g/mol. The quantitative estimate of drug-likeness (QED) is 0.0845. The molecule has 0 bridgehead atoms. The Hall–Kier alpha value is -0.180. The monoisotopic (exact) mass is 698 g/mol. The summed E-state index contributed by atoms with van der Waals surface area (Å²) in [5.74, 6) is 10.4. The SMILES string of the molecule is C=C1CSCC(OC(=O)CCCCCCCCC2CCC(CC)C(CCC)C2CCC(=O)OC2CSCC(=C)CSC2)CSC1. The highest BCUT2D eigenvalue weighted by Crippen LogP contribution is 2.46. The molecule has 0 N–H and O–H groups in total. The molecule has 45 heavy (non-hydrogen) atoms. The molecule has 2 heterocycles. The Morgan fingerprint density at radius 2 is 1.09 bits per heavy atom. The molecule has 0 aromatic rings. The van der Waals surface area contributed by atoms with Crippen LogP contribution in [-0.4, -0.2) is 70.2 Å². The molecule has 3 aliphatic rings. The van der Waals surface area contributed by atoms with Gasteiger partial charge in [-0.25, -0.2) is 0 Å². The number of hydrogen-bond donors (Lipinski definition) is 0. The Morgan fingerprint density at radius 1 is 0.622 bits per heavy atom. The van der Waals surface area contributed by atoms with E-state index in [0.29, 0.717) is 18.8 Å². The molecule has 1 aliphatic carbocycles. The normalized spacial score (nSPS) is 26.0. The number of hydrogen-bond acceptors (Lipinski definition) is 8. The second kappa shape index (κ2) is 23.2. The zero-order valence-electron chi connectivity index (χ0n) is 28.4. The van der Waals surface area contributed by atoms with Gasteiger partial charge in [0.05, 0.1) is 0 Å². The van der Waals surface area contributed by atoms with Crippen molar-refractivity contribution < 1.29 is 19.1 Å². The van der Waals surface area contributed by atoms with Gasteiger partial charge in [-0.15, -0.1) is 0 Å². The first-order valence-electron chi connectivity index (χ1n) is 17.9. The minimum atomic E-state index is -0.0198. The van der Waals surface area contributed by atoms with E-state index in [-0.39, 0.29) is 24.1 Å². The van der Waals surface area contributed by atoms with E-state index in [1.165, 1.54) is 75.4 Å². The van der Waals surface area contributed by atoms with Crippen molar-refractivity contribution in [3.63, 3.8) is 0 Å². The van der Waals surface area contributed by atoms with Crippen molar-refractivity contribution in [3.8, 4) is 0 Å². The lowest BCUT2D eigenvalue weighted by Gasteiger charge is -2.44. The molecule has 0 aromatic heterocycles. The lowest BCUT2D eigenvalue weighted by atomic mass is 9.62. The zero-order chi connectivity index (χ0) is 32.3. The van der Waals surface area contributed by atoms with Gasteiger partial charge in [-0.3, -0.25) is 9.59 Å². The topological polar surface area (TPSA) is 52.6 Å². The van der Waals surface area contributed by atoms with Crippen molar-refractivity contribution in [1.82, 2.24) is 0 Å². The molecule has 1 saturated carbocycles. The van der Waals surface area contributed by atoms with Gasteiger partial charge in [0.2, 0.25) is 0 Å². The van der Waals surface area contributed by atoms with Crippen LogP contribution in [0.4, 0.5) is 0 Å². The summed E-state index contributed by atoms with van der Waals surface area (Å²) in [7, 11) is 0.